The summed E-state index contributed by atoms with van der Waals surface area (Å²) >= 11 is 0. The number of benzene rings is 1. The van der Waals surface area contributed by atoms with E-state index in [1.54, 1.807) is 12.1 Å². The Morgan fingerprint density at radius 2 is 2.04 bits per heavy atom. The Labute approximate surface area is 141 Å². The molecule has 126 valence electrons. The number of rotatable bonds is 2. The van der Waals surface area contributed by atoms with E-state index in [0.717, 1.165) is 44.7 Å². The minimum absolute atomic E-state index is 0.0556. The number of hydrogen-bond donors (Lipinski definition) is 2. The molecule has 0 aliphatic carbocycles. The van der Waals surface area contributed by atoms with E-state index in [1.165, 1.54) is 6.42 Å². The van der Waals surface area contributed by atoms with Gasteiger partial charge in [-0.15, -0.1) is 0 Å². The van der Waals surface area contributed by atoms with Crippen LogP contribution >= 0.6 is 0 Å². The summed E-state index contributed by atoms with van der Waals surface area (Å²) in [5, 5.41) is 13.7. The SMILES string of the molecule is O=C(c1cc(-n2cccc2)ccc1O)N1CCC[C@@]2(CCNC2)C1. The van der Waals surface area contributed by atoms with E-state index in [9.17, 15) is 9.90 Å². The summed E-state index contributed by atoms with van der Waals surface area (Å²) in [5.74, 6) is -0.00689. The summed E-state index contributed by atoms with van der Waals surface area (Å²) in [7, 11) is 0. The summed E-state index contributed by atoms with van der Waals surface area (Å²) in [6, 6.07) is 9.10. The van der Waals surface area contributed by atoms with Gasteiger partial charge in [0, 0.05) is 43.1 Å². The summed E-state index contributed by atoms with van der Waals surface area (Å²) in [4.78, 5) is 14.9. The first-order chi connectivity index (χ1) is 11.7. The van der Waals surface area contributed by atoms with Crippen LogP contribution in [-0.2, 0) is 0 Å². The molecule has 0 saturated carbocycles. The van der Waals surface area contributed by atoms with Gasteiger partial charge in [-0.2, -0.15) is 0 Å². The predicted octanol–water partition coefficient (Wildman–Crippen LogP) is 2.40. The zero-order chi connectivity index (χ0) is 16.6. The third-order valence-corrected chi connectivity index (χ3v) is 5.39. The van der Waals surface area contributed by atoms with E-state index >= 15 is 0 Å². The zero-order valence-electron chi connectivity index (χ0n) is 13.7. The largest absolute Gasteiger partial charge is 0.507 e. The Bertz CT molecular complexity index is 733. The van der Waals surface area contributed by atoms with Gasteiger partial charge < -0.3 is 19.9 Å². The molecule has 3 heterocycles. The Morgan fingerprint density at radius 3 is 2.79 bits per heavy atom. The molecule has 2 aliphatic heterocycles. The molecule has 1 atom stereocenters. The van der Waals surface area contributed by atoms with Gasteiger partial charge in [0.15, 0.2) is 0 Å². The first kappa shape index (κ1) is 15.3. The molecule has 2 fully saturated rings. The molecule has 24 heavy (non-hydrogen) atoms. The standard InChI is InChI=1S/C19H23N3O2/c23-17-5-4-15(21-9-1-2-10-21)12-16(17)18(24)22-11-3-6-19(14-22)7-8-20-13-19/h1-2,4-5,9-10,12,20,23H,3,6-8,11,13-14H2/t19-/m0/s1. The molecule has 5 heteroatoms. The monoisotopic (exact) mass is 325 g/mol. The number of nitrogens with one attached hydrogen (secondary N) is 1. The normalized spacial score (nSPS) is 23.8. The van der Waals surface area contributed by atoms with Crippen molar-refractivity contribution in [2.24, 2.45) is 5.41 Å². The molecule has 0 unspecified atom stereocenters. The average Bonchev–Trinajstić information content (AvgIpc) is 3.27. The minimum Gasteiger partial charge on any atom is -0.507 e. The van der Waals surface area contributed by atoms with Crippen molar-refractivity contribution in [1.29, 1.82) is 0 Å². The highest BCUT2D eigenvalue weighted by atomic mass is 16.3. The van der Waals surface area contributed by atoms with Crippen LogP contribution in [0.1, 0.15) is 29.6 Å². The van der Waals surface area contributed by atoms with Gasteiger partial charge in [-0.05, 0) is 56.1 Å². The summed E-state index contributed by atoms with van der Waals surface area (Å²) in [5.41, 5.74) is 1.50. The summed E-state index contributed by atoms with van der Waals surface area (Å²) in [6.07, 6.45) is 7.21. The van der Waals surface area contributed by atoms with Gasteiger partial charge in [0.25, 0.3) is 5.91 Å². The number of amides is 1. The Kier molecular flexibility index (Phi) is 3.81. The number of aromatic hydroxyl groups is 1. The van der Waals surface area contributed by atoms with Crippen LogP contribution in [0.15, 0.2) is 42.7 Å². The van der Waals surface area contributed by atoms with Gasteiger partial charge >= 0.3 is 0 Å². The van der Waals surface area contributed by atoms with Crippen LogP contribution in [-0.4, -0.2) is 46.7 Å². The fraction of sp³-hybridized carbons (Fsp3) is 0.421. The summed E-state index contributed by atoms with van der Waals surface area (Å²) < 4.78 is 1.94. The molecular formula is C19H23N3O2. The van der Waals surface area contributed by atoms with E-state index in [-0.39, 0.29) is 17.1 Å². The second kappa shape index (κ2) is 5.98. The fourth-order valence-electron chi connectivity index (χ4n) is 4.06. The van der Waals surface area contributed by atoms with Crippen LogP contribution in [0.3, 0.4) is 0 Å². The second-order valence-electron chi connectivity index (χ2n) is 7.05. The van der Waals surface area contributed by atoms with Gasteiger partial charge in [0.2, 0.25) is 0 Å². The maximum atomic E-state index is 13.0. The predicted molar refractivity (Wildman–Crippen MR) is 92.5 cm³/mol. The molecule has 1 aromatic heterocycles. The number of aromatic nitrogens is 1. The van der Waals surface area contributed by atoms with Gasteiger partial charge in [-0.25, -0.2) is 0 Å². The van der Waals surface area contributed by atoms with Crippen molar-refractivity contribution in [3.05, 3.63) is 48.3 Å². The quantitative estimate of drug-likeness (QED) is 0.891. The Balaban J connectivity index is 1.61. The zero-order valence-corrected chi connectivity index (χ0v) is 13.7. The second-order valence-corrected chi connectivity index (χ2v) is 7.05. The molecule has 2 aliphatic rings. The lowest BCUT2D eigenvalue weighted by Gasteiger charge is -2.40. The molecule has 2 aromatic rings. The Morgan fingerprint density at radius 1 is 1.21 bits per heavy atom. The average molecular weight is 325 g/mol. The van der Waals surface area contributed by atoms with Crippen LogP contribution in [0.25, 0.3) is 5.69 Å². The lowest BCUT2D eigenvalue weighted by Crippen LogP contribution is -2.47. The highest BCUT2D eigenvalue weighted by Crippen LogP contribution is 2.36. The fourth-order valence-corrected chi connectivity index (χ4v) is 4.06. The molecule has 5 nitrogen and oxygen atoms in total. The number of carbonyl (C=O) groups excluding carboxylic acids is 1. The first-order valence-corrected chi connectivity index (χ1v) is 8.63. The van der Waals surface area contributed by atoms with Crippen molar-refractivity contribution in [2.45, 2.75) is 19.3 Å². The first-order valence-electron chi connectivity index (χ1n) is 8.63. The van der Waals surface area contributed by atoms with E-state index in [4.69, 9.17) is 0 Å². The highest BCUT2D eigenvalue weighted by Gasteiger charge is 2.39. The van der Waals surface area contributed by atoms with Crippen LogP contribution < -0.4 is 5.32 Å². The van der Waals surface area contributed by atoms with Crippen LogP contribution in [0.4, 0.5) is 0 Å². The maximum Gasteiger partial charge on any atom is 0.257 e. The number of piperidine rings is 1. The molecule has 4 rings (SSSR count). The third-order valence-electron chi connectivity index (χ3n) is 5.39. The smallest absolute Gasteiger partial charge is 0.257 e. The maximum absolute atomic E-state index is 13.0. The van der Waals surface area contributed by atoms with Crippen molar-refractivity contribution in [1.82, 2.24) is 14.8 Å². The summed E-state index contributed by atoms with van der Waals surface area (Å²) in [6.45, 7) is 3.59. The lowest BCUT2D eigenvalue weighted by atomic mass is 9.79. The van der Waals surface area contributed by atoms with E-state index < -0.39 is 0 Å². The van der Waals surface area contributed by atoms with Crippen molar-refractivity contribution in [3.8, 4) is 11.4 Å². The molecule has 0 radical (unpaired) electrons. The number of carbonyl (C=O) groups is 1. The van der Waals surface area contributed by atoms with Crippen LogP contribution in [0, 0.1) is 5.41 Å². The molecule has 2 saturated heterocycles. The number of phenolic OH excluding ortho intramolecular Hbond substituents is 1. The number of nitrogens with zero attached hydrogens (tertiary/aromatic N) is 2. The third kappa shape index (κ3) is 2.69. The molecule has 2 N–H and O–H groups in total. The highest BCUT2D eigenvalue weighted by molar-refractivity contribution is 5.97. The molecule has 1 amide bonds. The Hall–Kier alpha value is -2.27. The molecular weight excluding hydrogens is 302 g/mol. The van der Waals surface area contributed by atoms with Crippen molar-refractivity contribution in [3.63, 3.8) is 0 Å². The van der Waals surface area contributed by atoms with Crippen molar-refractivity contribution in [2.75, 3.05) is 26.2 Å². The molecule has 1 aromatic carbocycles. The van der Waals surface area contributed by atoms with E-state index in [2.05, 4.69) is 5.32 Å². The van der Waals surface area contributed by atoms with E-state index in [1.807, 2.05) is 40.1 Å². The van der Waals surface area contributed by atoms with Gasteiger partial charge in [0.1, 0.15) is 5.75 Å². The lowest BCUT2D eigenvalue weighted by molar-refractivity contribution is 0.0550. The molecule has 1 spiro atoms. The van der Waals surface area contributed by atoms with Crippen molar-refractivity contribution < 1.29 is 9.90 Å². The van der Waals surface area contributed by atoms with Gasteiger partial charge in [0.05, 0.1) is 5.56 Å². The van der Waals surface area contributed by atoms with E-state index in [0.29, 0.717) is 5.56 Å². The van der Waals surface area contributed by atoms with Crippen LogP contribution in [0.2, 0.25) is 0 Å². The number of likely N-dealkylation sites (tertiary alicyclic amines) is 1. The van der Waals surface area contributed by atoms with Gasteiger partial charge in [-0.1, -0.05) is 0 Å². The topological polar surface area (TPSA) is 57.5 Å². The minimum atomic E-state index is -0.0625. The van der Waals surface area contributed by atoms with Gasteiger partial charge in [-0.3, -0.25) is 4.79 Å². The van der Waals surface area contributed by atoms with Crippen LogP contribution in [0.5, 0.6) is 5.75 Å². The number of phenols is 1. The van der Waals surface area contributed by atoms with Crippen molar-refractivity contribution >= 4 is 5.91 Å². The number of hydrogen-bond acceptors (Lipinski definition) is 3. The molecule has 0 bridgehead atoms.